The molecule has 1 atom stereocenters. The molecule has 1 unspecified atom stereocenters. The molecule has 0 saturated carbocycles. The van der Waals surface area contributed by atoms with E-state index in [9.17, 15) is 8.42 Å². The zero-order valence-corrected chi connectivity index (χ0v) is 11.6. The Kier molecular flexibility index (Phi) is 4.95. The van der Waals surface area contributed by atoms with Gasteiger partial charge in [-0.1, -0.05) is 6.92 Å². The average Bonchev–Trinajstić information content (AvgIpc) is 2.59. The summed E-state index contributed by atoms with van der Waals surface area (Å²) >= 11 is 1.72. The van der Waals surface area contributed by atoms with Crippen LogP contribution >= 0.6 is 11.3 Å². The van der Waals surface area contributed by atoms with E-state index in [0.717, 1.165) is 13.0 Å². The molecule has 92 valence electrons. The monoisotopic (exact) mass is 261 g/mol. The summed E-state index contributed by atoms with van der Waals surface area (Å²) in [6, 6.07) is 2.13. The third-order valence-electron chi connectivity index (χ3n) is 2.38. The van der Waals surface area contributed by atoms with Gasteiger partial charge in [-0.2, -0.15) is 0 Å². The first-order valence-corrected chi connectivity index (χ1v) is 8.32. The van der Waals surface area contributed by atoms with Crippen LogP contribution in [0.15, 0.2) is 11.4 Å². The van der Waals surface area contributed by atoms with Crippen LogP contribution in [0.3, 0.4) is 0 Å². The summed E-state index contributed by atoms with van der Waals surface area (Å²) in [5.74, 6) is 0.194. The van der Waals surface area contributed by atoms with Crippen LogP contribution in [-0.2, 0) is 22.8 Å². The van der Waals surface area contributed by atoms with Gasteiger partial charge in [-0.25, -0.2) is 8.42 Å². The molecule has 16 heavy (non-hydrogen) atoms. The molecule has 1 N–H and O–H groups in total. The lowest BCUT2D eigenvalue weighted by molar-refractivity contribution is 0.561. The molecule has 0 saturated heterocycles. The van der Waals surface area contributed by atoms with Crippen molar-refractivity contribution >= 4 is 21.2 Å². The van der Waals surface area contributed by atoms with E-state index in [1.807, 2.05) is 6.92 Å². The van der Waals surface area contributed by atoms with E-state index in [4.69, 9.17) is 0 Å². The van der Waals surface area contributed by atoms with Gasteiger partial charge in [0.25, 0.3) is 0 Å². The van der Waals surface area contributed by atoms with E-state index in [-0.39, 0.29) is 11.8 Å². The first-order chi connectivity index (χ1) is 7.42. The molecule has 1 aromatic heterocycles. The predicted octanol–water partition coefficient (Wildman–Crippen LogP) is 1.83. The van der Waals surface area contributed by atoms with Gasteiger partial charge in [0, 0.05) is 23.7 Å². The normalized spacial score (nSPS) is 13.9. The summed E-state index contributed by atoms with van der Waals surface area (Å²) in [5.41, 5.74) is 1.35. The van der Waals surface area contributed by atoms with Gasteiger partial charge in [-0.3, -0.25) is 0 Å². The molecule has 0 amide bonds. The molecule has 0 radical (unpaired) electrons. The molecule has 0 aromatic carbocycles. The molecule has 1 rings (SSSR count). The second-order valence-corrected chi connectivity index (χ2v) is 7.28. The SMILES string of the molecule is CCc1ccsc1CNC(C)CS(C)(=O)=O. The molecule has 0 aliphatic heterocycles. The second kappa shape index (κ2) is 5.80. The van der Waals surface area contributed by atoms with Crippen LogP contribution in [0.25, 0.3) is 0 Å². The van der Waals surface area contributed by atoms with Gasteiger partial charge in [0.1, 0.15) is 9.84 Å². The minimum Gasteiger partial charge on any atom is -0.308 e. The molecule has 5 heteroatoms. The summed E-state index contributed by atoms with van der Waals surface area (Å²) in [6.07, 6.45) is 2.30. The summed E-state index contributed by atoms with van der Waals surface area (Å²) in [4.78, 5) is 1.31. The molecular weight excluding hydrogens is 242 g/mol. The molecule has 0 fully saturated rings. The van der Waals surface area contributed by atoms with Crippen LogP contribution in [0, 0.1) is 0 Å². The highest BCUT2D eigenvalue weighted by Crippen LogP contribution is 2.17. The Hall–Kier alpha value is -0.390. The fourth-order valence-corrected chi connectivity index (χ4v) is 3.57. The average molecular weight is 261 g/mol. The molecule has 0 aliphatic rings. The van der Waals surface area contributed by atoms with E-state index in [1.54, 1.807) is 11.3 Å². The third kappa shape index (κ3) is 4.63. The topological polar surface area (TPSA) is 46.2 Å². The lowest BCUT2D eigenvalue weighted by Crippen LogP contribution is -2.32. The number of hydrogen-bond acceptors (Lipinski definition) is 4. The van der Waals surface area contributed by atoms with Crippen molar-refractivity contribution in [2.45, 2.75) is 32.9 Å². The number of nitrogens with one attached hydrogen (secondary N) is 1. The number of thiophene rings is 1. The molecule has 3 nitrogen and oxygen atoms in total. The van der Waals surface area contributed by atoms with Gasteiger partial charge in [0.15, 0.2) is 0 Å². The second-order valence-electron chi connectivity index (χ2n) is 4.10. The Morgan fingerprint density at radius 2 is 2.19 bits per heavy atom. The summed E-state index contributed by atoms with van der Waals surface area (Å²) in [7, 11) is -2.89. The van der Waals surface area contributed by atoms with E-state index >= 15 is 0 Å². The zero-order chi connectivity index (χ0) is 12.2. The van der Waals surface area contributed by atoms with Gasteiger partial charge < -0.3 is 5.32 Å². The lowest BCUT2D eigenvalue weighted by Gasteiger charge is -2.12. The highest BCUT2D eigenvalue weighted by molar-refractivity contribution is 7.90. The van der Waals surface area contributed by atoms with E-state index in [0.29, 0.717) is 0 Å². The minimum absolute atomic E-state index is 0.00167. The lowest BCUT2D eigenvalue weighted by atomic mass is 10.2. The molecule has 0 aliphatic carbocycles. The molecule has 1 aromatic rings. The highest BCUT2D eigenvalue weighted by atomic mass is 32.2. The van der Waals surface area contributed by atoms with Gasteiger partial charge in [0.05, 0.1) is 5.75 Å². The Bertz CT molecular complexity index is 423. The number of hydrogen-bond donors (Lipinski definition) is 1. The van der Waals surface area contributed by atoms with Crippen LogP contribution in [0.4, 0.5) is 0 Å². The maximum Gasteiger partial charge on any atom is 0.148 e. The van der Waals surface area contributed by atoms with Crippen molar-refractivity contribution in [3.8, 4) is 0 Å². The van der Waals surface area contributed by atoms with Crippen molar-refractivity contribution in [1.29, 1.82) is 0 Å². The summed E-state index contributed by atoms with van der Waals surface area (Å²) in [5, 5.41) is 5.33. The third-order valence-corrected chi connectivity index (χ3v) is 4.45. The fraction of sp³-hybridized carbons (Fsp3) is 0.636. The molecular formula is C11H19NO2S2. The molecule has 0 bridgehead atoms. The summed E-state index contributed by atoms with van der Waals surface area (Å²) in [6.45, 7) is 4.79. The van der Waals surface area contributed by atoms with Crippen LogP contribution in [-0.4, -0.2) is 26.5 Å². The summed E-state index contributed by atoms with van der Waals surface area (Å²) < 4.78 is 22.2. The van der Waals surface area contributed by atoms with Gasteiger partial charge in [-0.15, -0.1) is 11.3 Å². The predicted molar refractivity (Wildman–Crippen MR) is 69.7 cm³/mol. The largest absolute Gasteiger partial charge is 0.308 e. The maximum absolute atomic E-state index is 11.1. The van der Waals surface area contributed by atoms with Crippen molar-refractivity contribution in [2.75, 3.05) is 12.0 Å². The molecule has 0 spiro atoms. The number of rotatable bonds is 6. The van der Waals surface area contributed by atoms with E-state index < -0.39 is 9.84 Å². The van der Waals surface area contributed by atoms with Gasteiger partial charge in [-0.05, 0) is 30.4 Å². The van der Waals surface area contributed by atoms with Crippen molar-refractivity contribution in [1.82, 2.24) is 5.32 Å². The smallest absolute Gasteiger partial charge is 0.148 e. The minimum atomic E-state index is -2.89. The Labute approximate surface area is 102 Å². The van der Waals surface area contributed by atoms with Crippen LogP contribution in [0.2, 0.25) is 0 Å². The first kappa shape index (κ1) is 13.7. The van der Waals surface area contributed by atoms with Crippen LogP contribution < -0.4 is 5.32 Å². The standard InChI is InChI=1S/C11H19NO2S2/c1-4-10-5-6-15-11(10)7-12-9(2)8-16(3,13)14/h5-6,9,12H,4,7-8H2,1-3H3. The van der Waals surface area contributed by atoms with Crippen LogP contribution in [0.5, 0.6) is 0 Å². The fourth-order valence-electron chi connectivity index (χ4n) is 1.62. The van der Waals surface area contributed by atoms with Gasteiger partial charge in [0.2, 0.25) is 0 Å². The Morgan fingerprint density at radius 3 is 2.75 bits per heavy atom. The van der Waals surface area contributed by atoms with Crippen molar-refractivity contribution in [2.24, 2.45) is 0 Å². The maximum atomic E-state index is 11.1. The molecule has 1 heterocycles. The Morgan fingerprint density at radius 1 is 1.50 bits per heavy atom. The Balaban J connectivity index is 2.46. The number of sulfone groups is 1. The van der Waals surface area contributed by atoms with E-state index in [1.165, 1.54) is 16.7 Å². The quantitative estimate of drug-likeness (QED) is 0.850. The van der Waals surface area contributed by atoms with Gasteiger partial charge >= 0.3 is 0 Å². The number of aryl methyl sites for hydroxylation is 1. The van der Waals surface area contributed by atoms with E-state index in [2.05, 4.69) is 23.7 Å². The van der Waals surface area contributed by atoms with Crippen molar-refractivity contribution in [3.05, 3.63) is 21.9 Å². The van der Waals surface area contributed by atoms with Crippen molar-refractivity contribution in [3.63, 3.8) is 0 Å². The van der Waals surface area contributed by atoms with Crippen LogP contribution in [0.1, 0.15) is 24.3 Å². The van der Waals surface area contributed by atoms with Crippen molar-refractivity contribution < 1.29 is 8.42 Å². The zero-order valence-electron chi connectivity index (χ0n) is 9.99. The highest BCUT2D eigenvalue weighted by Gasteiger charge is 2.10. The first-order valence-electron chi connectivity index (χ1n) is 5.38.